The molecule has 0 aliphatic carbocycles. The second-order valence-corrected chi connectivity index (χ2v) is 13.4. The molecule has 0 spiro atoms. The summed E-state index contributed by atoms with van der Waals surface area (Å²) in [6, 6.07) is 20.1. The topological polar surface area (TPSA) is 78.9 Å². The van der Waals surface area contributed by atoms with Crippen LogP contribution in [-0.2, 0) is 51.0 Å². The van der Waals surface area contributed by atoms with Gasteiger partial charge in [-0.25, -0.2) is 9.97 Å². The van der Waals surface area contributed by atoms with Gasteiger partial charge in [-0.15, -0.1) is 53.8 Å². The summed E-state index contributed by atoms with van der Waals surface area (Å²) in [6.45, 7) is 2.36. The summed E-state index contributed by atoms with van der Waals surface area (Å²) < 4.78 is 206. The maximum atomic E-state index is 13.8. The zero-order valence-electron chi connectivity index (χ0n) is 32.3. The van der Waals surface area contributed by atoms with Crippen molar-refractivity contribution in [2.75, 3.05) is 27.1 Å². The van der Waals surface area contributed by atoms with Gasteiger partial charge in [0.05, 0.1) is 16.8 Å². The molecule has 25 heteroatoms. The third kappa shape index (κ3) is 11.1. The Labute approximate surface area is 375 Å². The van der Waals surface area contributed by atoms with Gasteiger partial charge in [0.1, 0.15) is 11.6 Å². The number of hydrogen-bond donors (Lipinski definition) is 1. The number of anilines is 6. The fourth-order valence-corrected chi connectivity index (χ4v) is 5.80. The van der Waals surface area contributed by atoms with Gasteiger partial charge in [0.15, 0.2) is 0 Å². The summed E-state index contributed by atoms with van der Waals surface area (Å²) in [7, 11) is 1.39. The molecule has 3 aromatic carbocycles. The second kappa shape index (κ2) is 18.1. The Hall–Kier alpha value is -6.49. The van der Waals surface area contributed by atoms with Gasteiger partial charge in [0.25, 0.3) is 0 Å². The molecule has 9 nitrogen and oxygen atoms in total. The van der Waals surface area contributed by atoms with E-state index in [2.05, 4.69) is 38.5 Å². The first-order valence-corrected chi connectivity index (χ1v) is 17.8. The molecule has 351 valence electrons. The van der Waals surface area contributed by atoms with Crippen LogP contribution in [0.25, 0.3) is 0 Å². The number of rotatable bonds is 6. The number of nitrogens with zero attached hydrogens (tertiary/aromatic N) is 6. The summed E-state index contributed by atoms with van der Waals surface area (Å²) in [5.74, 6) is -0.183. The van der Waals surface area contributed by atoms with E-state index in [4.69, 9.17) is 9.47 Å². The molecule has 1 N–H and O–H groups in total. The van der Waals surface area contributed by atoms with E-state index in [-0.39, 0.29) is 77.7 Å². The van der Waals surface area contributed by atoms with Crippen molar-refractivity contribution >= 4 is 34.4 Å². The Morgan fingerprint density at radius 2 is 1.03 bits per heavy atom. The van der Waals surface area contributed by atoms with Crippen LogP contribution in [0, 0.1) is 31.5 Å². The first-order valence-electron chi connectivity index (χ1n) is 17.8. The second-order valence-electron chi connectivity index (χ2n) is 13.4. The Bertz CT molecular complexity index is 2600. The Kier molecular flexibility index (Phi) is 13.4. The molecular formula is C41H21F15IrN7O2-5. The summed E-state index contributed by atoms with van der Waals surface area (Å²) in [5, 5.41) is 2.54. The first-order chi connectivity index (χ1) is 30.2. The van der Waals surface area contributed by atoms with Crippen molar-refractivity contribution in [1.29, 1.82) is 0 Å². The molecule has 0 bridgehead atoms. The van der Waals surface area contributed by atoms with Crippen LogP contribution in [-0.4, -0.2) is 22.0 Å². The van der Waals surface area contributed by atoms with E-state index in [1.165, 1.54) is 36.8 Å². The molecule has 0 atom stereocenters. The monoisotopic (exact) mass is 1120 g/mol. The molecule has 6 aromatic rings. The molecule has 2 aliphatic heterocycles. The van der Waals surface area contributed by atoms with Crippen molar-refractivity contribution in [3.05, 3.63) is 151 Å². The van der Waals surface area contributed by atoms with E-state index in [0.29, 0.717) is 12.4 Å². The predicted octanol–water partition coefficient (Wildman–Crippen LogP) is 13.0. The molecule has 3 aromatic heterocycles. The van der Waals surface area contributed by atoms with Gasteiger partial charge in [-0.2, -0.15) is 108 Å². The normalized spacial score (nSPS) is 13.8. The maximum absolute atomic E-state index is 13.8. The molecule has 1 radical (unpaired) electrons. The smallest absolute Gasteiger partial charge is 0.417 e. The number of halogens is 15. The van der Waals surface area contributed by atoms with E-state index in [9.17, 15) is 65.9 Å². The third-order valence-electron chi connectivity index (χ3n) is 8.88. The molecule has 0 unspecified atom stereocenters. The van der Waals surface area contributed by atoms with Crippen molar-refractivity contribution in [2.24, 2.45) is 0 Å². The van der Waals surface area contributed by atoms with Crippen LogP contribution < -0.4 is 29.5 Å². The Morgan fingerprint density at radius 3 is 1.50 bits per heavy atom. The van der Waals surface area contributed by atoms with Gasteiger partial charge in [0, 0.05) is 61.8 Å². The predicted molar refractivity (Wildman–Crippen MR) is 199 cm³/mol. The van der Waals surface area contributed by atoms with E-state index < -0.39 is 58.7 Å². The minimum absolute atomic E-state index is 0. The van der Waals surface area contributed by atoms with Crippen molar-refractivity contribution < 1.29 is 95.4 Å². The molecule has 66 heavy (non-hydrogen) atoms. The number of pyridine rings is 3. The molecule has 2 aliphatic rings. The van der Waals surface area contributed by atoms with Crippen LogP contribution >= 0.6 is 0 Å². The van der Waals surface area contributed by atoms with Gasteiger partial charge in [-0.3, -0.25) is 0 Å². The van der Waals surface area contributed by atoms with Crippen LogP contribution in [0.5, 0.6) is 23.3 Å². The average Bonchev–Trinajstić information content (AvgIpc) is 3.80. The fraction of sp³-hybridized carbons (Fsp3) is 0.146. The fourth-order valence-electron chi connectivity index (χ4n) is 5.80. The summed E-state index contributed by atoms with van der Waals surface area (Å²) >= 11 is 0. The van der Waals surface area contributed by atoms with Gasteiger partial charge < -0.3 is 29.5 Å². The minimum atomic E-state index is -4.84. The molecule has 5 heterocycles. The quantitative estimate of drug-likeness (QED) is 0.130. The van der Waals surface area contributed by atoms with Crippen molar-refractivity contribution in [2.45, 2.75) is 30.9 Å². The zero-order chi connectivity index (χ0) is 47.3. The van der Waals surface area contributed by atoms with Crippen LogP contribution in [0.4, 0.5) is 100 Å². The molecule has 0 saturated heterocycles. The van der Waals surface area contributed by atoms with Crippen molar-refractivity contribution in [1.82, 2.24) is 15.0 Å². The average molecular weight is 1120 g/mol. The van der Waals surface area contributed by atoms with Crippen molar-refractivity contribution in [3.63, 3.8) is 0 Å². The first kappa shape index (κ1) is 49.0. The number of fused-ring (bicyclic) bond motifs is 2. The van der Waals surface area contributed by atoms with Gasteiger partial charge in [-0.1, -0.05) is 22.8 Å². The van der Waals surface area contributed by atoms with Crippen molar-refractivity contribution in [3.8, 4) is 23.3 Å². The maximum Gasteiger partial charge on any atom is 0.417 e. The van der Waals surface area contributed by atoms with E-state index >= 15 is 0 Å². The SMILES string of the molecule is CN1[CH-]N(c2[c-]c(N3[CH-]Nc4cc(C(F)(F)F)cnc43)cc(C(F)(F)F)c2)c2ncc(C(F)(F)F)cc21.FC(F)(F)c1c[c-]c(Oc2cccc(Oc3[c-]cc(C(F)(F)F)cc3)n2)cc1.[Ir]. The van der Waals surface area contributed by atoms with Crippen LogP contribution in [0.2, 0.25) is 0 Å². The van der Waals surface area contributed by atoms with Crippen LogP contribution in [0.1, 0.15) is 27.8 Å². The van der Waals surface area contributed by atoms with E-state index in [1.807, 2.05) is 0 Å². The Balaban J connectivity index is 0.000000223. The standard InChI is InChI=1S/C22H12F9N6.C19H9F6NO2.Ir/c1-35-10-37(19-17(35)5-13(8-33-19)22(29,30)31)15-3-11(20(23,24)25)2-14(6-15)36-9-34-16-4-12(21(26,27)28)7-32-18(16)36;20-18(21,22)12-4-8-14(9-5-12)27-16-2-1-3-17(26-16)28-15-10-6-13(7-11-15)19(23,24)25;/h2-5,7-10,34H,1H3;1-8,10H;/q-3;-2;. The van der Waals surface area contributed by atoms with E-state index in [0.717, 1.165) is 77.1 Å². The number of benzene rings is 3. The van der Waals surface area contributed by atoms with E-state index in [1.54, 1.807) is 0 Å². The largest absolute Gasteiger partial charge is 0.513 e. The number of nitrogens with one attached hydrogen (secondary N) is 1. The van der Waals surface area contributed by atoms with Crippen LogP contribution in [0.3, 0.4) is 0 Å². The molecule has 0 fully saturated rings. The van der Waals surface area contributed by atoms with Gasteiger partial charge >= 0.3 is 30.9 Å². The summed E-state index contributed by atoms with van der Waals surface area (Å²) in [5.41, 5.74) is -5.55. The Morgan fingerprint density at radius 1 is 0.561 bits per heavy atom. The number of alkyl halides is 15. The summed E-state index contributed by atoms with van der Waals surface area (Å²) in [4.78, 5) is 15.0. The third-order valence-corrected chi connectivity index (χ3v) is 8.88. The summed E-state index contributed by atoms with van der Waals surface area (Å²) in [6.07, 6.45) is -22.1. The minimum Gasteiger partial charge on any atom is -0.513 e. The van der Waals surface area contributed by atoms with Gasteiger partial charge in [0.2, 0.25) is 11.8 Å². The zero-order valence-corrected chi connectivity index (χ0v) is 34.7. The van der Waals surface area contributed by atoms with Crippen LogP contribution in [0.15, 0.2) is 91.3 Å². The number of aromatic nitrogens is 3. The molecule has 8 rings (SSSR count). The molecular weight excluding hydrogens is 1100 g/mol. The molecule has 0 amide bonds. The number of ether oxygens (including phenoxy) is 2. The van der Waals surface area contributed by atoms with Gasteiger partial charge in [-0.05, 0) is 19.2 Å². The number of hydrogen-bond acceptors (Lipinski definition) is 9. The molecule has 0 saturated carbocycles.